The van der Waals surface area contributed by atoms with Gasteiger partial charge < -0.3 is 9.13 Å². The molecular weight excluding hydrogens is 383 g/mol. The number of hydrogen-bond acceptors (Lipinski definition) is 5. The molecule has 3 aromatic rings. The third-order valence-electron chi connectivity index (χ3n) is 5.26. The number of aromatic nitrogens is 4. The number of aryl methyl sites for hydroxylation is 2. The summed E-state index contributed by atoms with van der Waals surface area (Å²) >= 11 is 0. The molecule has 0 spiro atoms. The van der Waals surface area contributed by atoms with Crippen LogP contribution in [0.2, 0.25) is 0 Å². The zero-order chi connectivity index (χ0) is 19.9. The van der Waals surface area contributed by atoms with E-state index >= 15 is 0 Å². The molecule has 1 aliphatic rings. The molecule has 1 aromatic carbocycles. The zero-order valence-electron chi connectivity index (χ0n) is 15.9. The Kier molecular flexibility index (Phi) is 4.94. The van der Waals surface area contributed by atoms with Crippen molar-refractivity contribution in [2.24, 2.45) is 7.05 Å². The number of benzene rings is 1. The summed E-state index contributed by atoms with van der Waals surface area (Å²) in [6.07, 6.45) is 3.28. The van der Waals surface area contributed by atoms with Gasteiger partial charge in [0.05, 0.1) is 17.4 Å². The van der Waals surface area contributed by atoms with Gasteiger partial charge in [0.2, 0.25) is 0 Å². The van der Waals surface area contributed by atoms with E-state index in [2.05, 4.69) is 14.9 Å². The van der Waals surface area contributed by atoms with Gasteiger partial charge in [-0.3, -0.25) is 4.90 Å². The van der Waals surface area contributed by atoms with Gasteiger partial charge in [-0.1, -0.05) is 0 Å². The van der Waals surface area contributed by atoms with E-state index in [9.17, 15) is 12.8 Å². The van der Waals surface area contributed by atoms with Gasteiger partial charge in [-0.2, -0.15) is 4.31 Å². The fourth-order valence-electron chi connectivity index (χ4n) is 3.44. The van der Waals surface area contributed by atoms with Crippen molar-refractivity contribution in [1.82, 2.24) is 28.3 Å². The van der Waals surface area contributed by atoms with Gasteiger partial charge in [0.25, 0.3) is 10.0 Å². The molecule has 0 N–H and O–H groups in total. The van der Waals surface area contributed by atoms with Crippen LogP contribution < -0.4 is 0 Å². The standard InChI is InChI=1S/C18H23FN6O2S/c1-14-21-18(12-22(14)2)28(26,27)25-9-6-23(7-10-25)5-8-24-13-20-16-11-15(19)3-4-17(16)24/h3-4,11-13H,5-10H2,1-2H3. The number of halogens is 1. The van der Waals surface area contributed by atoms with Crippen molar-refractivity contribution in [1.29, 1.82) is 0 Å². The van der Waals surface area contributed by atoms with Gasteiger partial charge in [0.1, 0.15) is 11.6 Å². The first-order valence-electron chi connectivity index (χ1n) is 9.17. The quantitative estimate of drug-likeness (QED) is 0.637. The maximum atomic E-state index is 13.3. The van der Waals surface area contributed by atoms with Gasteiger partial charge in [0, 0.05) is 58.6 Å². The molecule has 0 aliphatic carbocycles. The highest BCUT2D eigenvalue weighted by Gasteiger charge is 2.30. The minimum absolute atomic E-state index is 0.109. The Labute approximate surface area is 163 Å². The van der Waals surface area contributed by atoms with Crippen LogP contribution in [0.25, 0.3) is 11.0 Å². The minimum Gasteiger partial charge on any atom is -0.337 e. The summed E-state index contributed by atoms with van der Waals surface area (Å²) in [7, 11) is -1.77. The molecule has 150 valence electrons. The molecule has 0 radical (unpaired) electrons. The van der Waals surface area contributed by atoms with Crippen molar-refractivity contribution < 1.29 is 12.8 Å². The maximum Gasteiger partial charge on any atom is 0.262 e. The van der Waals surface area contributed by atoms with Gasteiger partial charge >= 0.3 is 0 Å². The second-order valence-corrected chi connectivity index (χ2v) is 8.94. The van der Waals surface area contributed by atoms with Gasteiger partial charge in [-0.25, -0.2) is 22.8 Å². The summed E-state index contributed by atoms with van der Waals surface area (Å²) in [5.74, 6) is 0.378. The Morgan fingerprint density at radius 1 is 1.14 bits per heavy atom. The number of imidazole rings is 2. The lowest BCUT2D eigenvalue weighted by Crippen LogP contribution is -2.49. The molecule has 10 heteroatoms. The van der Waals surface area contributed by atoms with Crippen molar-refractivity contribution in [3.63, 3.8) is 0 Å². The van der Waals surface area contributed by atoms with Crippen molar-refractivity contribution in [2.45, 2.75) is 18.5 Å². The molecule has 1 fully saturated rings. The van der Waals surface area contributed by atoms with Gasteiger partial charge in [0.15, 0.2) is 5.03 Å². The summed E-state index contributed by atoms with van der Waals surface area (Å²) in [5, 5.41) is 0.109. The third-order valence-corrected chi connectivity index (χ3v) is 7.03. The van der Waals surface area contributed by atoms with Crippen LogP contribution in [0.4, 0.5) is 4.39 Å². The Bertz CT molecular complexity index is 1080. The lowest BCUT2D eigenvalue weighted by molar-refractivity contribution is 0.183. The lowest BCUT2D eigenvalue weighted by atomic mass is 10.3. The monoisotopic (exact) mass is 406 g/mol. The number of hydrogen-bond donors (Lipinski definition) is 0. The molecule has 0 saturated carbocycles. The minimum atomic E-state index is -3.55. The number of fused-ring (bicyclic) bond motifs is 1. The third kappa shape index (κ3) is 3.54. The molecule has 1 saturated heterocycles. The highest BCUT2D eigenvalue weighted by Crippen LogP contribution is 2.18. The average molecular weight is 406 g/mol. The molecule has 0 amide bonds. The van der Waals surface area contributed by atoms with Gasteiger partial charge in [-0.15, -0.1) is 0 Å². The summed E-state index contributed by atoms with van der Waals surface area (Å²) in [6.45, 7) is 5.47. The van der Waals surface area contributed by atoms with E-state index in [1.807, 2.05) is 4.57 Å². The second-order valence-electron chi connectivity index (χ2n) is 7.05. The molecule has 3 heterocycles. The Hall–Kier alpha value is -2.30. The summed E-state index contributed by atoms with van der Waals surface area (Å²) in [4.78, 5) is 10.6. The molecule has 0 unspecified atom stereocenters. The van der Waals surface area contributed by atoms with Gasteiger partial charge in [-0.05, 0) is 19.1 Å². The SMILES string of the molecule is Cc1nc(S(=O)(=O)N2CCN(CCn3cnc4cc(F)ccc43)CC2)cn1C. The predicted octanol–water partition coefficient (Wildman–Crippen LogP) is 1.22. The van der Waals surface area contributed by atoms with Crippen LogP contribution in [0.5, 0.6) is 0 Å². The van der Waals surface area contributed by atoms with Crippen LogP contribution >= 0.6 is 0 Å². The van der Waals surface area contributed by atoms with E-state index < -0.39 is 10.0 Å². The van der Waals surface area contributed by atoms with Crippen LogP contribution in [-0.2, 0) is 23.6 Å². The summed E-state index contributed by atoms with van der Waals surface area (Å²) in [5.41, 5.74) is 1.54. The van der Waals surface area contributed by atoms with Crippen molar-refractivity contribution in [3.8, 4) is 0 Å². The Balaban J connectivity index is 1.36. The molecular formula is C18H23FN6O2S. The number of nitrogens with zero attached hydrogens (tertiary/aromatic N) is 6. The predicted molar refractivity (Wildman–Crippen MR) is 103 cm³/mol. The Morgan fingerprint density at radius 3 is 2.57 bits per heavy atom. The fraction of sp³-hybridized carbons (Fsp3) is 0.444. The second kappa shape index (κ2) is 7.26. The lowest BCUT2D eigenvalue weighted by Gasteiger charge is -2.33. The van der Waals surface area contributed by atoms with E-state index in [0.717, 1.165) is 12.1 Å². The maximum absolute atomic E-state index is 13.3. The smallest absolute Gasteiger partial charge is 0.262 e. The largest absolute Gasteiger partial charge is 0.337 e. The van der Waals surface area contributed by atoms with Crippen LogP contribution in [0.1, 0.15) is 5.82 Å². The van der Waals surface area contributed by atoms with E-state index in [0.29, 0.717) is 44.1 Å². The first-order chi connectivity index (χ1) is 13.3. The average Bonchev–Trinajstić information content (AvgIpc) is 3.23. The van der Waals surface area contributed by atoms with Crippen LogP contribution in [0, 0.1) is 12.7 Å². The number of sulfonamides is 1. The fourth-order valence-corrected chi connectivity index (χ4v) is 4.89. The number of rotatable bonds is 5. The molecule has 0 atom stereocenters. The highest BCUT2D eigenvalue weighted by atomic mass is 32.2. The zero-order valence-corrected chi connectivity index (χ0v) is 16.7. The van der Waals surface area contributed by atoms with E-state index in [1.165, 1.54) is 16.4 Å². The molecule has 4 rings (SSSR count). The van der Waals surface area contributed by atoms with Crippen molar-refractivity contribution in [2.75, 3.05) is 32.7 Å². The first kappa shape index (κ1) is 19.0. The van der Waals surface area contributed by atoms with Crippen LogP contribution in [0.15, 0.2) is 35.7 Å². The van der Waals surface area contributed by atoms with E-state index in [1.54, 1.807) is 37.1 Å². The molecule has 8 nitrogen and oxygen atoms in total. The molecule has 0 bridgehead atoms. The summed E-state index contributed by atoms with van der Waals surface area (Å²) < 4.78 is 44.0. The molecule has 1 aliphatic heterocycles. The summed E-state index contributed by atoms with van der Waals surface area (Å²) in [6, 6.07) is 4.59. The van der Waals surface area contributed by atoms with Crippen LogP contribution in [-0.4, -0.2) is 69.4 Å². The highest BCUT2D eigenvalue weighted by molar-refractivity contribution is 7.89. The topological polar surface area (TPSA) is 76.3 Å². The first-order valence-corrected chi connectivity index (χ1v) is 10.6. The van der Waals surface area contributed by atoms with Crippen molar-refractivity contribution in [3.05, 3.63) is 42.4 Å². The normalized spacial score (nSPS) is 16.8. The Morgan fingerprint density at radius 2 is 1.89 bits per heavy atom. The number of piperazine rings is 1. The van der Waals surface area contributed by atoms with Crippen LogP contribution in [0.3, 0.4) is 0 Å². The molecule has 2 aromatic heterocycles. The molecule has 28 heavy (non-hydrogen) atoms. The van der Waals surface area contributed by atoms with E-state index in [4.69, 9.17) is 0 Å². The van der Waals surface area contributed by atoms with Crippen molar-refractivity contribution >= 4 is 21.1 Å². The van der Waals surface area contributed by atoms with E-state index in [-0.39, 0.29) is 10.8 Å².